The van der Waals surface area contributed by atoms with E-state index in [4.69, 9.17) is 0 Å². The molecule has 2 unspecified atom stereocenters. The topological polar surface area (TPSA) is 12.0 Å². The third-order valence-corrected chi connectivity index (χ3v) is 4.05. The number of anilines is 1. The average Bonchev–Trinajstić information content (AvgIpc) is 2.69. The SMILES string of the molecule is Cc1ccccc1CC1c2ccccc2NC1C. The second-order valence-electron chi connectivity index (χ2n) is 5.26. The maximum Gasteiger partial charge on any atom is 0.0378 e. The Morgan fingerprint density at radius 1 is 1.00 bits per heavy atom. The fraction of sp³-hybridized carbons (Fsp3) is 0.294. The Balaban J connectivity index is 1.92. The smallest absolute Gasteiger partial charge is 0.0378 e. The summed E-state index contributed by atoms with van der Waals surface area (Å²) in [4.78, 5) is 0. The Hall–Kier alpha value is -1.76. The molecule has 1 heterocycles. The van der Waals surface area contributed by atoms with E-state index in [2.05, 4.69) is 67.7 Å². The number of benzene rings is 2. The monoisotopic (exact) mass is 237 g/mol. The fourth-order valence-electron chi connectivity index (χ4n) is 2.93. The summed E-state index contributed by atoms with van der Waals surface area (Å²) in [6.45, 7) is 4.48. The Morgan fingerprint density at radius 3 is 2.56 bits per heavy atom. The molecule has 0 amide bonds. The number of rotatable bonds is 2. The first-order valence-electron chi connectivity index (χ1n) is 6.65. The Kier molecular flexibility index (Phi) is 2.83. The van der Waals surface area contributed by atoms with Crippen molar-refractivity contribution in [1.29, 1.82) is 0 Å². The lowest BCUT2D eigenvalue weighted by Gasteiger charge is -2.17. The van der Waals surface area contributed by atoms with Gasteiger partial charge >= 0.3 is 0 Å². The number of aryl methyl sites for hydroxylation is 1. The van der Waals surface area contributed by atoms with E-state index in [-0.39, 0.29) is 0 Å². The van der Waals surface area contributed by atoms with E-state index in [1.54, 1.807) is 0 Å². The van der Waals surface area contributed by atoms with Gasteiger partial charge in [-0.2, -0.15) is 0 Å². The van der Waals surface area contributed by atoms with Crippen LogP contribution in [0.15, 0.2) is 48.5 Å². The van der Waals surface area contributed by atoms with Gasteiger partial charge in [0, 0.05) is 17.6 Å². The Morgan fingerprint density at radius 2 is 1.72 bits per heavy atom. The van der Waals surface area contributed by atoms with Gasteiger partial charge < -0.3 is 5.32 Å². The van der Waals surface area contributed by atoms with Crippen LogP contribution in [0.3, 0.4) is 0 Å². The molecule has 0 fully saturated rings. The molecule has 0 aromatic heterocycles. The lowest BCUT2D eigenvalue weighted by Crippen LogP contribution is -2.18. The molecule has 1 aliphatic heterocycles. The molecule has 0 bridgehead atoms. The molecule has 0 saturated carbocycles. The predicted molar refractivity (Wildman–Crippen MR) is 77.2 cm³/mol. The molecule has 2 aromatic rings. The molecular weight excluding hydrogens is 218 g/mol. The van der Waals surface area contributed by atoms with Crippen molar-refractivity contribution in [3.05, 3.63) is 65.2 Å². The maximum absolute atomic E-state index is 3.59. The van der Waals surface area contributed by atoms with Crippen LogP contribution in [-0.2, 0) is 6.42 Å². The number of fused-ring (bicyclic) bond motifs is 1. The molecule has 1 nitrogen and oxygen atoms in total. The quantitative estimate of drug-likeness (QED) is 0.828. The van der Waals surface area contributed by atoms with Crippen LogP contribution in [0.1, 0.15) is 29.5 Å². The van der Waals surface area contributed by atoms with Gasteiger partial charge in [0.15, 0.2) is 0 Å². The normalized spacial score (nSPS) is 21.4. The van der Waals surface area contributed by atoms with Gasteiger partial charge in [0.1, 0.15) is 0 Å². The second kappa shape index (κ2) is 4.49. The first kappa shape index (κ1) is 11.3. The molecule has 2 aromatic carbocycles. The molecule has 2 atom stereocenters. The van der Waals surface area contributed by atoms with E-state index >= 15 is 0 Å². The highest BCUT2D eigenvalue weighted by Crippen LogP contribution is 2.37. The summed E-state index contributed by atoms with van der Waals surface area (Å²) < 4.78 is 0. The molecule has 0 radical (unpaired) electrons. The molecule has 18 heavy (non-hydrogen) atoms. The van der Waals surface area contributed by atoms with Gasteiger partial charge in [0.2, 0.25) is 0 Å². The molecule has 0 spiro atoms. The van der Waals surface area contributed by atoms with Crippen LogP contribution < -0.4 is 5.32 Å². The third-order valence-electron chi connectivity index (χ3n) is 4.05. The van der Waals surface area contributed by atoms with Gasteiger partial charge in [-0.3, -0.25) is 0 Å². The van der Waals surface area contributed by atoms with Crippen molar-refractivity contribution < 1.29 is 0 Å². The minimum absolute atomic E-state index is 0.516. The molecule has 1 N–H and O–H groups in total. The van der Waals surface area contributed by atoms with Crippen molar-refractivity contribution in [3.8, 4) is 0 Å². The first-order valence-corrected chi connectivity index (χ1v) is 6.65. The van der Waals surface area contributed by atoms with E-state index in [1.807, 2.05) is 0 Å². The molecule has 1 heteroatoms. The van der Waals surface area contributed by atoms with Crippen LogP contribution >= 0.6 is 0 Å². The molecule has 0 aliphatic carbocycles. The minimum atomic E-state index is 0.516. The van der Waals surface area contributed by atoms with Gasteiger partial charge in [0.25, 0.3) is 0 Å². The van der Waals surface area contributed by atoms with Crippen molar-refractivity contribution >= 4 is 5.69 Å². The second-order valence-corrected chi connectivity index (χ2v) is 5.26. The number of para-hydroxylation sites is 1. The van der Waals surface area contributed by atoms with E-state index in [0.29, 0.717) is 12.0 Å². The highest BCUT2D eigenvalue weighted by molar-refractivity contribution is 5.59. The van der Waals surface area contributed by atoms with E-state index in [1.165, 1.54) is 22.4 Å². The van der Waals surface area contributed by atoms with Crippen LogP contribution in [0.4, 0.5) is 5.69 Å². The van der Waals surface area contributed by atoms with E-state index in [9.17, 15) is 0 Å². The molecule has 0 saturated heterocycles. The van der Waals surface area contributed by atoms with Crippen molar-refractivity contribution in [3.63, 3.8) is 0 Å². The van der Waals surface area contributed by atoms with Gasteiger partial charge in [0.05, 0.1) is 0 Å². The van der Waals surface area contributed by atoms with E-state index < -0.39 is 0 Å². The highest BCUT2D eigenvalue weighted by Gasteiger charge is 2.28. The van der Waals surface area contributed by atoms with Gasteiger partial charge in [-0.15, -0.1) is 0 Å². The molecular formula is C17H19N. The minimum Gasteiger partial charge on any atom is -0.382 e. The largest absolute Gasteiger partial charge is 0.382 e. The molecule has 92 valence electrons. The zero-order valence-electron chi connectivity index (χ0n) is 11.0. The van der Waals surface area contributed by atoms with Crippen molar-refractivity contribution in [2.45, 2.75) is 32.2 Å². The number of hydrogen-bond donors (Lipinski definition) is 1. The lowest BCUT2D eigenvalue weighted by atomic mass is 9.88. The summed E-state index contributed by atoms with van der Waals surface area (Å²) in [6.07, 6.45) is 1.12. The van der Waals surface area contributed by atoms with Crippen molar-refractivity contribution in [1.82, 2.24) is 0 Å². The van der Waals surface area contributed by atoms with Crippen LogP contribution in [0, 0.1) is 6.92 Å². The molecule has 3 rings (SSSR count). The highest BCUT2D eigenvalue weighted by atomic mass is 15.0. The Labute approximate surface area is 109 Å². The van der Waals surface area contributed by atoms with Crippen LogP contribution in [0.2, 0.25) is 0 Å². The summed E-state index contributed by atoms with van der Waals surface area (Å²) in [7, 11) is 0. The lowest BCUT2D eigenvalue weighted by molar-refractivity contribution is 0.627. The summed E-state index contributed by atoms with van der Waals surface area (Å²) in [5.41, 5.74) is 5.64. The standard InChI is InChI=1S/C17H19N/c1-12-7-3-4-8-14(12)11-16-13(2)18-17-10-6-5-9-15(16)17/h3-10,13,16,18H,11H2,1-2H3. The number of hydrogen-bond acceptors (Lipinski definition) is 1. The summed E-state index contributed by atoms with van der Waals surface area (Å²) in [6, 6.07) is 17.9. The van der Waals surface area contributed by atoms with Gasteiger partial charge in [-0.05, 0) is 43.0 Å². The first-order chi connectivity index (χ1) is 8.75. The zero-order chi connectivity index (χ0) is 12.5. The zero-order valence-corrected chi connectivity index (χ0v) is 11.0. The van der Waals surface area contributed by atoms with E-state index in [0.717, 1.165) is 6.42 Å². The predicted octanol–water partition coefficient (Wildman–Crippen LogP) is 4.14. The average molecular weight is 237 g/mol. The summed E-state index contributed by atoms with van der Waals surface area (Å²) in [5, 5.41) is 3.59. The Bertz CT molecular complexity index is 559. The van der Waals surface area contributed by atoms with Crippen molar-refractivity contribution in [2.75, 3.05) is 5.32 Å². The van der Waals surface area contributed by atoms with Crippen molar-refractivity contribution in [2.24, 2.45) is 0 Å². The van der Waals surface area contributed by atoms with Crippen LogP contribution in [0.5, 0.6) is 0 Å². The number of nitrogens with one attached hydrogen (secondary N) is 1. The fourth-order valence-corrected chi connectivity index (χ4v) is 2.93. The molecule has 1 aliphatic rings. The summed E-state index contributed by atoms with van der Waals surface area (Å²) >= 11 is 0. The van der Waals surface area contributed by atoms with Crippen LogP contribution in [0.25, 0.3) is 0 Å². The maximum atomic E-state index is 3.59. The van der Waals surface area contributed by atoms with Gasteiger partial charge in [-0.1, -0.05) is 42.5 Å². The van der Waals surface area contributed by atoms with Crippen LogP contribution in [-0.4, -0.2) is 6.04 Å². The van der Waals surface area contributed by atoms with Gasteiger partial charge in [-0.25, -0.2) is 0 Å². The third kappa shape index (κ3) is 1.90. The summed E-state index contributed by atoms with van der Waals surface area (Å²) in [5.74, 6) is 0.585.